The fourth-order valence-corrected chi connectivity index (χ4v) is 7.50. The van der Waals surface area contributed by atoms with Gasteiger partial charge >= 0.3 is 0 Å². The minimum Gasteiger partial charge on any atom is -0.365 e. The maximum Gasteiger partial charge on any atom is 0.258 e. The van der Waals surface area contributed by atoms with E-state index >= 15 is 0 Å². The summed E-state index contributed by atoms with van der Waals surface area (Å²) >= 11 is 3.20. The van der Waals surface area contributed by atoms with Gasteiger partial charge in [0.05, 0.1) is 19.3 Å². The first-order chi connectivity index (χ1) is 12.5. The van der Waals surface area contributed by atoms with E-state index in [4.69, 9.17) is 5.73 Å². The van der Waals surface area contributed by atoms with Crippen molar-refractivity contribution in [3.05, 3.63) is 44.3 Å². The standard InChI is InChI=1S/C21H26N2O2S2/c1-19(2,3)23-18(25)16-10-14-12-8-6-7-11(12)13-9-15(17(22)24)26-20(13,4)21(14,5)27-16/h9-10H,6-8H2,1-5H3,(H2,22,24)(H,23,25). The first-order valence-electron chi connectivity index (χ1n) is 9.38. The number of carbonyl (C=O) groups excluding carboxylic acids is 2. The molecule has 2 unspecified atom stereocenters. The van der Waals surface area contributed by atoms with Crippen molar-refractivity contribution in [3.63, 3.8) is 0 Å². The van der Waals surface area contributed by atoms with Crippen molar-refractivity contribution in [1.29, 1.82) is 0 Å². The number of thioether (sulfide) groups is 2. The van der Waals surface area contributed by atoms with Crippen LogP contribution in [0.2, 0.25) is 0 Å². The molecular formula is C21H26N2O2S2. The van der Waals surface area contributed by atoms with E-state index in [1.807, 2.05) is 26.8 Å². The van der Waals surface area contributed by atoms with Gasteiger partial charge in [0.15, 0.2) is 0 Å². The maximum absolute atomic E-state index is 12.9. The minimum atomic E-state index is -0.366. The summed E-state index contributed by atoms with van der Waals surface area (Å²) in [5.74, 6) is -0.387. The zero-order chi connectivity index (χ0) is 19.8. The van der Waals surface area contributed by atoms with Crippen LogP contribution in [0.25, 0.3) is 0 Å². The Labute approximate surface area is 169 Å². The van der Waals surface area contributed by atoms with E-state index in [1.54, 1.807) is 23.5 Å². The van der Waals surface area contributed by atoms with Crippen LogP contribution in [-0.2, 0) is 9.59 Å². The van der Waals surface area contributed by atoms with Crippen LogP contribution >= 0.6 is 23.5 Å². The highest BCUT2D eigenvalue weighted by Crippen LogP contribution is 2.68. The smallest absolute Gasteiger partial charge is 0.258 e. The van der Waals surface area contributed by atoms with E-state index in [0.717, 1.165) is 24.2 Å². The number of nitrogens with one attached hydrogen (secondary N) is 1. The molecule has 2 atom stereocenters. The molecule has 6 heteroatoms. The zero-order valence-corrected chi connectivity index (χ0v) is 18.1. The topological polar surface area (TPSA) is 72.2 Å². The van der Waals surface area contributed by atoms with Crippen molar-refractivity contribution in [1.82, 2.24) is 5.32 Å². The van der Waals surface area contributed by atoms with Crippen molar-refractivity contribution in [2.75, 3.05) is 0 Å². The van der Waals surface area contributed by atoms with Crippen LogP contribution in [0.3, 0.4) is 0 Å². The average Bonchev–Trinajstić information content (AvgIpc) is 3.20. The molecule has 0 saturated heterocycles. The molecule has 144 valence electrons. The number of fused-ring (bicyclic) bond motifs is 4. The quantitative estimate of drug-likeness (QED) is 0.733. The van der Waals surface area contributed by atoms with E-state index in [9.17, 15) is 9.59 Å². The molecule has 0 aromatic heterocycles. The molecule has 3 N–H and O–H groups in total. The van der Waals surface area contributed by atoms with Gasteiger partial charge < -0.3 is 11.1 Å². The van der Waals surface area contributed by atoms with Gasteiger partial charge in [-0.05, 0) is 88.3 Å². The summed E-state index contributed by atoms with van der Waals surface area (Å²) in [4.78, 5) is 26.2. The molecule has 4 rings (SSSR count). The molecule has 4 aliphatic rings. The lowest BCUT2D eigenvalue weighted by Crippen LogP contribution is -2.47. The number of hydrogen-bond donors (Lipinski definition) is 2. The highest BCUT2D eigenvalue weighted by atomic mass is 32.2. The van der Waals surface area contributed by atoms with Crippen molar-refractivity contribution in [3.8, 4) is 0 Å². The van der Waals surface area contributed by atoms with Gasteiger partial charge in [-0.15, -0.1) is 23.5 Å². The largest absolute Gasteiger partial charge is 0.365 e. The van der Waals surface area contributed by atoms with E-state index < -0.39 is 0 Å². The summed E-state index contributed by atoms with van der Waals surface area (Å²) < 4.78 is -0.602. The Bertz CT molecular complexity index is 904. The van der Waals surface area contributed by atoms with Gasteiger partial charge in [0.1, 0.15) is 0 Å². The molecule has 0 aromatic carbocycles. The first-order valence-corrected chi connectivity index (χ1v) is 11.0. The lowest BCUT2D eigenvalue weighted by Gasteiger charge is -2.47. The summed E-state index contributed by atoms with van der Waals surface area (Å²) in [6.07, 6.45) is 7.29. The predicted molar refractivity (Wildman–Crippen MR) is 113 cm³/mol. The van der Waals surface area contributed by atoms with Crippen molar-refractivity contribution >= 4 is 35.3 Å². The summed E-state index contributed by atoms with van der Waals surface area (Å²) in [7, 11) is 0. The second kappa shape index (κ2) is 5.80. The molecule has 0 spiro atoms. The number of primary amides is 1. The Morgan fingerprint density at radius 2 is 1.48 bits per heavy atom. The molecule has 0 bridgehead atoms. The molecule has 1 fully saturated rings. The third-order valence-electron chi connectivity index (χ3n) is 5.94. The summed E-state index contributed by atoms with van der Waals surface area (Å²) in [6, 6.07) is 0. The Morgan fingerprint density at radius 3 is 1.96 bits per heavy atom. The van der Waals surface area contributed by atoms with Crippen molar-refractivity contribution in [2.24, 2.45) is 5.73 Å². The van der Waals surface area contributed by atoms with E-state index in [-0.39, 0.29) is 26.8 Å². The average molecular weight is 403 g/mol. The van der Waals surface area contributed by atoms with Crippen molar-refractivity contribution in [2.45, 2.75) is 68.9 Å². The fraction of sp³-hybridized carbons (Fsp3) is 0.524. The molecule has 2 heterocycles. The number of amides is 2. The highest BCUT2D eigenvalue weighted by Gasteiger charge is 2.60. The maximum atomic E-state index is 12.9. The number of hydrogen-bond acceptors (Lipinski definition) is 4. The second-order valence-corrected chi connectivity index (χ2v) is 11.9. The van der Waals surface area contributed by atoms with E-state index in [1.165, 1.54) is 22.3 Å². The second-order valence-electron chi connectivity index (χ2n) is 8.99. The van der Waals surface area contributed by atoms with Crippen LogP contribution < -0.4 is 11.1 Å². The van der Waals surface area contributed by atoms with Crippen molar-refractivity contribution < 1.29 is 9.59 Å². The Kier molecular flexibility index (Phi) is 4.07. The highest BCUT2D eigenvalue weighted by molar-refractivity contribution is 8.10. The zero-order valence-electron chi connectivity index (χ0n) is 16.5. The number of rotatable bonds is 2. The first kappa shape index (κ1) is 18.9. The fourth-order valence-electron chi connectivity index (χ4n) is 4.58. The Hall–Kier alpha value is -1.40. The van der Waals surface area contributed by atoms with Crippen LogP contribution in [0.4, 0.5) is 0 Å². The van der Waals surface area contributed by atoms with Gasteiger partial charge in [0, 0.05) is 5.54 Å². The Balaban J connectivity index is 1.82. The summed E-state index contributed by atoms with van der Waals surface area (Å²) in [5, 5.41) is 3.09. The number of allylic oxidation sites excluding steroid dienone is 4. The predicted octanol–water partition coefficient (Wildman–Crippen LogP) is 3.96. The molecule has 2 aliphatic carbocycles. The van der Waals surface area contributed by atoms with E-state index in [2.05, 4.69) is 25.2 Å². The van der Waals surface area contributed by atoms with Gasteiger partial charge in [-0.3, -0.25) is 9.59 Å². The third kappa shape index (κ3) is 2.67. The molecule has 27 heavy (non-hydrogen) atoms. The SMILES string of the molecule is CC(C)(C)NC(=O)C1=CC2=C3CCCC3=C3C=C(C(N)=O)SC3(C)C2(C)S1. The van der Waals surface area contributed by atoms with Crippen LogP contribution in [0.1, 0.15) is 53.9 Å². The molecule has 2 amide bonds. The van der Waals surface area contributed by atoms with Crippen LogP contribution in [0.15, 0.2) is 44.3 Å². The van der Waals surface area contributed by atoms with Gasteiger partial charge in [0.2, 0.25) is 0 Å². The van der Waals surface area contributed by atoms with Crippen LogP contribution in [0.5, 0.6) is 0 Å². The van der Waals surface area contributed by atoms with Crippen LogP contribution in [0, 0.1) is 0 Å². The molecule has 2 aliphatic heterocycles. The lowest BCUT2D eigenvalue weighted by atomic mass is 9.72. The lowest BCUT2D eigenvalue weighted by molar-refractivity contribution is -0.118. The number of nitrogens with two attached hydrogens (primary N) is 1. The number of carbonyl (C=O) groups is 2. The summed E-state index contributed by atoms with van der Waals surface area (Å²) in [6.45, 7) is 10.4. The van der Waals surface area contributed by atoms with Gasteiger partial charge in [0.25, 0.3) is 11.8 Å². The Morgan fingerprint density at radius 1 is 1.00 bits per heavy atom. The third-order valence-corrected chi connectivity index (χ3v) is 9.20. The van der Waals surface area contributed by atoms with Gasteiger partial charge in [-0.2, -0.15) is 0 Å². The molecular weight excluding hydrogens is 376 g/mol. The monoisotopic (exact) mass is 402 g/mol. The normalized spacial score (nSPS) is 32.0. The molecule has 4 nitrogen and oxygen atoms in total. The van der Waals surface area contributed by atoms with Crippen LogP contribution in [-0.4, -0.2) is 26.8 Å². The van der Waals surface area contributed by atoms with Gasteiger partial charge in [-0.25, -0.2) is 0 Å². The van der Waals surface area contributed by atoms with E-state index in [0.29, 0.717) is 4.91 Å². The minimum absolute atomic E-state index is 0.0213. The van der Waals surface area contributed by atoms with Gasteiger partial charge in [-0.1, -0.05) is 0 Å². The molecule has 0 aromatic rings. The summed E-state index contributed by atoms with van der Waals surface area (Å²) in [5.41, 5.74) is 10.6. The molecule has 1 saturated carbocycles. The molecule has 0 radical (unpaired) electrons.